The Morgan fingerprint density at radius 2 is 2.18 bits per heavy atom. The first-order valence-corrected chi connectivity index (χ1v) is 5.07. The molecule has 0 heterocycles. The Kier molecular flexibility index (Phi) is 3.81. The maximum atomic E-state index is 13.7. The monoisotopic (exact) mass is 236 g/mol. The van der Waals surface area contributed by atoms with Crippen molar-refractivity contribution in [3.05, 3.63) is 34.6 Å². The Morgan fingerprint density at radius 1 is 1.59 bits per heavy atom. The van der Waals surface area contributed by atoms with E-state index in [9.17, 15) is 9.18 Å². The van der Waals surface area contributed by atoms with E-state index in [1.165, 1.54) is 13.0 Å². The molecule has 3 N–H and O–H groups in total. The van der Waals surface area contributed by atoms with Gasteiger partial charge < -0.3 is 10.8 Å². The number of rotatable bonds is 3. The molecule has 2 atom stereocenters. The van der Waals surface area contributed by atoms with E-state index in [4.69, 9.17) is 16.1 Å². The molecule has 0 spiro atoms. The highest BCUT2D eigenvalue weighted by Crippen LogP contribution is 2.27. The van der Waals surface area contributed by atoms with Gasteiger partial charge in [-0.3, -0.25) is 4.79 Å². The van der Waals surface area contributed by atoms with Crippen LogP contribution in [-0.4, -0.2) is 17.1 Å². The summed E-state index contributed by atoms with van der Waals surface area (Å²) in [5.41, 5.74) is 6.43. The summed E-state index contributed by atoms with van der Waals surface area (Å²) in [6, 6.07) is 3.26. The predicted octanol–water partition coefficient (Wildman–Crippen LogP) is 1.52. The van der Waals surface area contributed by atoms with E-state index >= 15 is 0 Å². The van der Waals surface area contributed by atoms with Crippen LogP contribution in [0.3, 0.4) is 0 Å². The third-order valence-corrected chi connectivity index (χ3v) is 2.86. The molecule has 0 amide bonds. The second-order valence-electron chi connectivity index (χ2n) is 3.90. The van der Waals surface area contributed by atoms with Crippen LogP contribution in [0.2, 0.25) is 0 Å². The van der Waals surface area contributed by atoms with Crippen molar-refractivity contribution < 1.29 is 14.3 Å². The maximum Gasteiger partial charge on any atom is 0.321 e. The highest BCUT2D eigenvalue weighted by molar-refractivity contribution is 5.74. The van der Waals surface area contributed by atoms with Crippen molar-refractivity contribution in [2.24, 2.45) is 5.73 Å². The zero-order valence-corrected chi connectivity index (χ0v) is 9.57. The second-order valence-corrected chi connectivity index (χ2v) is 3.90. The van der Waals surface area contributed by atoms with Gasteiger partial charge in [-0.15, -0.1) is 0 Å². The fourth-order valence-corrected chi connectivity index (χ4v) is 1.77. The molecule has 17 heavy (non-hydrogen) atoms. The summed E-state index contributed by atoms with van der Waals surface area (Å²) >= 11 is 0. The molecule has 4 nitrogen and oxygen atoms in total. The number of carbonyl (C=O) groups is 1. The molecule has 0 aliphatic carbocycles. The molecule has 0 unspecified atom stereocenters. The van der Waals surface area contributed by atoms with Gasteiger partial charge in [0.15, 0.2) is 0 Å². The highest BCUT2D eigenvalue weighted by Gasteiger charge is 2.26. The van der Waals surface area contributed by atoms with Crippen LogP contribution >= 0.6 is 0 Å². The quantitative estimate of drug-likeness (QED) is 0.832. The minimum Gasteiger partial charge on any atom is -0.480 e. The molecule has 0 aliphatic heterocycles. The van der Waals surface area contributed by atoms with Crippen molar-refractivity contribution in [1.29, 1.82) is 5.26 Å². The van der Waals surface area contributed by atoms with Gasteiger partial charge >= 0.3 is 5.97 Å². The number of benzene rings is 1. The lowest BCUT2D eigenvalue weighted by atomic mass is 9.88. The first-order chi connectivity index (χ1) is 7.90. The predicted molar refractivity (Wildman–Crippen MR) is 59.9 cm³/mol. The average Bonchev–Trinajstić information content (AvgIpc) is 2.28. The number of aliphatic carboxylic acids is 1. The van der Waals surface area contributed by atoms with Gasteiger partial charge in [-0.25, -0.2) is 4.39 Å². The molecule has 0 fully saturated rings. The fraction of sp³-hybridized carbons (Fsp3) is 0.333. The molecule has 90 valence electrons. The number of nitriles is 1. The molecule has 0 radical (unpaired) electrons. The number of nitrogens with zero attached hydrogens (tertiary/aromatic N) is 1. The van der Waals surface area contributed by atoms with Crippen LogP contribution in [0.5, 0.6) is 0 Å². The molecule has 0 bridgehead atoms. The molecule has 5 heteroatoms. The normalized spacial score (nSPS) is 13.8. The highest BCUT2D eigenvalue weighted by atomic mass is 19.1. The fourth-order valence-electron chi connectivity index (χ4n) is 1.77. The Labute approximate surface area is 98.5 Å². The lowest BCUT2D eigenvalue weighted by Gasteiger charge is -2.19. The largest absolute Gasteiger partial charge is 0.480 e. The lowest BCUT2D eigenvalue weighted by molar-refractivity contribution is -0.139. The van der Waals surface area contributed by atoms with Crippen LogP contribution in [0.1, 0.15) is 29.5 Å². The van der Waals surface area contributed by atoms with Crippen molar-refractivity contribution in [3.63, 3.8) is 0 Å². The third kappa shape index (κ3) is 2.43. The summed E-state index contributed by atoms with van der Waals surface area (Å²) in [6.07, 6.45) is 0. The van der Waals surface area contributed by atoms with E-state index in [1.54, 1.807) is 6.92 Å². The molecule has 0 saturated carbocycles. The number of hydrogen-bond donors (Lipinski definition) is 2. The smallest absolute Gasteiger partial charge is 0.321 e. The molecule has 0 aromatic heterocycles. The molecule has 1 aromatic carbocycles. The van der Waals surface area contributed by atoms with E-state index in [-0.39, 0.29) is 5.56 Å². The Balaban J connectivity index is 3.31. The minimum absolute atomic E-state index is 0.193. The standard InChI is InChI=1S/C12H13FN2O2/c1-6-8(5-14)3-4-9(13)10(6)7(2)11(15)12(16)17/h3-4,7,11H,15H2,1-2H3,(H,16,17)/t7-,11+/m1/s1. The first-order valence-electron chi connectivity index (χ1n) is 5.07. The summed E-state index contributed by atoms with van der Waals surface area (Å²) in [4.78, 5) is 10.8. The van der Waals surface area contributed by atoms with Gasteiger partial charge in [-0.05, 0) is 30.2 Å². The number of carboxylic acid groups (broad SMARTS) is 1. The van der Waals surface area contributed by atoms with Gasteiger partial charge in [0.1, 0.15) is 11.9 Å². The maximum absolute atomic E-state index is 13.7. The van der Waals surface area contributed by atoms with Gasteiger partial charge in [0, 0.05) is 5.92 Å². The van der Waals surface area contributed by atoms with Gasteiger partial charge in [0.05, 0.1) is 11.6 Å². The van der Waals surface area contributed by atoms with Crippen LogP contribution in [0.25, 0.3) is 0 Å². The van der Waals surface area contributed by atoms with Gasteiger partial charge in [-0.1, -0.05) is 6.92 Å². The Hall–Kier alpha value is -1.93. The van der Waals surface area contributed by atoms with Crippen molar-refractivity contribution in [2.45, 2.75) is 25.8 Å². The van der Waals surface area contributed by atoms with Gasteiger partial charge in [0.2, 0.25) is 0 Å². The van der Waals surface area contributed by atoms with E-state index in [0.29, 0.717) is 11.1 Å². The number of carboxylic acids is 1. The summed E-state index contributed by atoms with van der Waals surface area (Å²) < 4.78 is 13.7. The third-order valence-electron chi connectivity index (χ3n) is 2.86. The second kappa shape index (κ2) is 4.93. The topological polar surface area (TPSA) is 87.1 Å². The van der Waals surface area contributed by atoms with Crippen molar-refractivity contribution in [3.8, 4) is 6.07 Å². The van der Waals surface area contributed by atoms with Gasteiger partial charge in [0.25, 0.3) is 0 Å². The Bertz CT molecular complexity index is 494. The molecule has 1 aromatic rings. The van der Waals surface area contributed by atoms with E-state index in [1.807, 2.05) is 6.07 Å². The number of hydrogen-bond acceptors (Lipinski definition) is 3. The summed E-state index contributed by atoms with van der Waals surface area (Å²) in [5.74, 6) is -2.43. The SMILES string of the molecule is Cc1c(C#N)ccc(F)c1[C@@H](C)[C@H](N)C(=O)O. The zero-order chi connectivity index (χ0) is 13.2. The minimum atomic E-state index is -1.20. The molecule has 1 rings (SSSR count). The van der Waals surface area contributed by atoms with Crippen molar-refractivity contribution in [1.82, 2.24) is 0 Å². The zero-order valence-electron chi connectivity index (χ0n) is 9.57. The van der Waals surface area contributed by atoms with Crippen LogP contribution in [0.15, 0.2) is 12.1 Å². The molecule has 0 aliphatic rings. The van der Waals surface area contributed by atoms with Crippen LogP contribution in [-0.2, 0) is 4.79 Å². The lowest BCUT2D eigenvalue weighted by Crippen LogP contribution is -2.36. The van der Waals surface area contributed by atoms with Crippen molar-refractivity contribution in [2.75, 3.05) is 0 Å². The van der Waals surface area contributed by atoms with Crippen LogP contribution in [0.4, 0.5) is 4.39 Å². The average molecular weight is 236 g/mol. The van der Waals surface area contributed by atoms with E-state index < -0.39 is 23.7 Å². The van der Waals surface area contributed by atoms with E-state index in [2.05, 4.69) is 0 Å². The van der Waals surface area contributed by atoms with E-state index in [0.717, 1.165) is 6.07 Å². The summed E-state index contributed by atoms with van der Waals surface area (Å²) in [6.45, 7) is 3.12. The molecular formula is C12H13FN2O2. The number of halogens is 1. The summed E-state index contributed by atoms with van der Waals surface area (Å²) in [7, 11) is 0. The Morgan fingerprint density at radius 3 is 2.65 bits per heavy atom. The first kappa shape index (κ1) is 13.1. The van der Waals surface area contributed by atoms with Crippen LogP contribution in [0, 0.1) is 24.1 Å². The van der Waals surface area contributed by atoms with Crippen LogP contribution < -0.4 is 5.73 Å². The summed E-state index contributed by atoms with van der Waals surface area (Å²) in [5, 5.41) is 17.7. The molecule has 0 saturated heterocycles. The van der Waals surface area contributed by atoms with Crippen molar-refractivity contribution >= 4 is 5.97 Å². The number of nitrogens with two attached hydrogens (primary N) is 1. The van der Waals surface area contributed by atoms with Gasteiger partial charge in [-0.2, -0.15) is 5.26 Å². The molecular weight excluding hydrogens is 223 g/mol.